The Bertz CT molecular complexity index is 699. The van der Waals surface area contributed by atoms with Gasteiger partial charge in [-0.1, -0.05) is 44.2 Å². The van der Waals surface area contributed by atoms with Crippen molar-refractivity contribution in [1.82, 2.24) is 20.2 Å². The lowest BCUT2D eigenvalue weighted by Crippen LogP contribution is -2.50. The Hall–Kier alpha value is -2.47. The molecule has 27 heavy (non-hydrogen) atoms. The second-order valence-electron chi connectivity index (χ2n) is 7.47. The average molecular weight is 367 g/mol. The number of amides is 1. The van der Waals surface area contributed by atoms with E-state index >= 15 is 0 Å². The van der Waals surface area contributed by atoms with E-state index in [0.717, 1.165) is 38.5 Å². The molecular formula is C21H29N5O. The summed E-state index contributed by atoms with van der Waals surface area (Å²) in [5.74, 6) is 1.38. The molecular weight excluding hydrogens is 338 g/mol. The number of aromatic nitrogens is 2. The quantitative estimate of drug-likeness (QED) is 0.815. The lowest BCUT2D eigenvalue weighted by atomic mass is 9.97. The van der Waals surface area contributed by atoms with Gasteiger partial charge in [0.15, 0.2) is 0 Å². The highest BCUT2D eigenvalue weighted by Crippen LogP contribution is 2.21. The monoisotopic (exact) mass is 367 g/mol. The van der Waals surface area contributed by atoms with Gasteiger partial charge < -0.3 is 10.2 Å². The zero-order valence-corrected chi connectivity index (χ0v) is 16.2. The Kier molecular flexibility index (Phi) is 6.76. The summed E-state index contributed by atoms with van der Waals surface area (Å²) in [6, 6.07) is 12.1. The molecule has 0 unspecified atom stereocenters. The van der Waals surface area contributed by atoms with Crippen molar-refractivity contribution < 1.29 is 4.79 Å². The number of piperazine rings is 1. The van der Waals surface area contributed by atoms with E-state index < -0.39 is 0 Å². The van der Waals surface area contributed by atoms with Crippen LogP contribution in [0.1, 0.15) is 31.9 Å². The summed E-state index contributed by atoms with van der Waals surface area (Å²) in [4.78, 5) is 25.6. The maximum absolute atomic E-state index is 12.6. The van der Waals surface area contributed by atoms with E-state index in [0.29, 0.717) is 12.5 Å². The normalized spacial score (nSPS) is 16.3. The molecule has 1 aromatic carbocycles. The van der Waals surface area contributed by atoms with Crippen LogP contribution in [-0.2, 0) is 4.79 Å². The van der Waals surface area contributed by atoms with Crippen molar-refractivity contribution in [2.24, 2.45) is 5.92 Å². The molecule has 0 spiro atoms. The molecule has 0 bridgehead atoms. The van der Waals surface area contributed by atoms with Crippen molar-refractivity contribution in [3.05, 3.63) is 54.4 Å². The van der Waals surface area contributed by atoms with Gasteiger partial charge in [0.05, 0.1) is 12.6 Å². The van der Waals surface area contributed by atoms with Crippen LogP contribution in [0.5, 0.6) is 0 Å². The molecule has 2 heterocycles. The van der Waals surface area contributed by atoms with Gasteiger partial charge in [0.25, 0.3) is 0 Å². The van der Waals surface area contributed by atoms with Gasteiger partial charge in [-0.3, -0.25) is 9.69 Å². The van der Waals surface area contributed by atoms with Gasteiger partial charge >= 0.3 is 0 Å². The predicted molar refractivity (Wildman–Crippen MR) is 107 cm³/mol. The van der Waals surface area contributed by atoms with Gasteiger partial charge in [0.1, 0.15) is 0 Å². The minimum absolute atomic E-state index is 0.0673. The zero-order chi connectivity index (χ0) is 19.1. The average Bonchev–Trinajstić information content (AvgIpc) is 2.69. The van der Waals surface area contributed by atoms with Gasteiger partial charge in [-0.25, -0.2) is 9.97 Å². The smallest absolute Gasteiger partial charge is 0.234 e. The summed E-state index contributed by atoms with van der Waals surface area (Å²) < 4.78 is 0. The first-order chi connectivity index (χ1) is 13.1. The van der Waals surface area contributed by atoms with E-state index in [-0.39, 0.29) is 11.9 Å². The lowest BCUT2D eigenvalue weighted by Gasteiger charge is -2.34. The number of hydrogen-bond donors (Lipinski definition) is 1. The summed E-state index contributed by atoms with van der Waals surface area (Å²) >= 11 is 0. The number of anilines is 1. The van der Waals surface area contributed by atoms with Gasteiger partial charge in [-0.2, -0.15) is 0 Å². The van der Waals surface area contributed by atoms with E-state index in [1.165, 1.54) is 5.56 Å². The number of carbonyl (C=O) groups excluding carboxylic acids is 1. The Morgan fingerprint density at radius 3 is 2.33 bits per heavy atom. The minimum atomic E-state index is 0.0673. The van der Waals surface area contributed by atoms with Gasteiger partial charge in [-0.15, -0.1) is 0 Å². The Morgan fingerprint density at radius 2 is 1.70 bits per heavy atom. The largest absolute Gasteiger partial charge is 0.348 e. The molecule has 0 aliphatic carbocycles. The van der Waals surface area contributed by atoms with Crippen molar-refractivity contribution in [2.75, 3.05) is 37.6 Å². The summed E-state index contributed by atoms with van der Waals surface area (Å²) in [5, 5.41) is 3.24. The van der Waals surface area contributed by atoms with Gasteiger partial charge in [-0.05, 0) is 24.0 Å². The van der Waals surface area contributed by atoms with Crippen molar-refractivity contribution in [3.8, 4) is 0 Å². The predicted octanol–water partition coefficient (Wildman–Crippen LogP) is 2.50. The fourth-order valence-corrected chi connectivity index (χ4v) is 3.44. The van der Waals surface area contributed by atoms with Crippen LogP contribution in [0.4, 0.5) is 5.95 Å². The number of benzene rings is 1. The van der Waals surface area contributed by atoms with E-state index in [4.69, 9.17) is 0 Å². The highest BCUT2D eigenvalue weighted by molar-refractivity contribution is 5.78. The lowest BCUT2D eigenvalue weighted by molar-refractivity contribution is -0.123. The molecule has 1 amide bonds. The molecule has 1 atom stereocenters. The summed E-state index contributed by atoms with van der Waals surface area (Å²) in [6.45, 7) is 8.17. The molecule has 6 nitrogen and oxygen atoms in total. The molecule has 1 aliphatic heterocycles. The molecule has 0 saturated carbocycles. The molecule has 1 aromatic heterocycles. The Labute approximate surface area is 161 Å². The number of nitrogens with zero attached hydrogens (tertiary/aromatic N) is 4. The summed E-state index contributed by atoms with van der Waals surface area (Å²) in [7, 11) is 0. The maximum Gasteiger partial charge on any atom is 0.234 e. The summed E-state index contributed by atoms with van der Waals surface area (Å²) in [5.41, 5.74) is 1.17. The van der Waals surface area contributed by atoms with Crippen LogP contribution in [0.25, 0.3) is 0 Å². The molecule has 2 aromatic rings. The van der Waals surface area contributed by atoms with Crippen molar-refractivity contribution in [1.29, 1.82) is 0 Å². The zero-order valence-electron chi connectivity index (χ0n) is 16.2. The van der Waals surface area contributed by atoms with Gasteiger partial charge in [0.2, 0.25) is 11.9 Å². The maximum atomic E-state index is 12.6. The second-order valence-corrected chi connectivity index (χ2v) is 7.47. The van der Waals surface area contributed by atoms with Crippen LogP contribution < -0.4 is 10.2 Å². The van der Waals surface area contributed by atoms with Crippen LogP contribution in [0, 0.1) is 5.92 Å². The first-order valence-electron chi connectivity index (χ1n) is 9.70. The number of carbonyl (C=O) groups is 1. The molecule has 1 N–H and O–H groups in total. The third-order valence-corrected chi connectivity index (χ3v) is 4.82. The highest BCUT2D eigenvalue weighted by atomic mass is 16.2. The molecule has 1 aliphatic rings. The van der Waals surface area contributed by atoms with Crippen LogP contribution in [0.3, 0.4) is 0 Å². The molecule has 1 fully saturated rings. The SMILES string of the molecule is CC(C)C[C@H](NC(=O)CN1CCN(c2ncccn2)CC1)c1ccccc1. The van der Waals surface area contributed by atoms with E-state index in [2.05, 4.69) is 51.1 Å². The van der Waals surface area contributed by atoms with Crippen molar-refractivity contribution in [2.45, 2.75) is 26.3 Å². The minimum Gasteiger partial charge on any atom is -0.348 e. The standard InChI is InChI=1S/C21H29N5O/c1-17(2)15-19(18-7-4-3-5-8-18)24-20(27)16-25-11-13-26(14-12-25)21-22-9-6-10-23-21/h3-10,17,19H,11-16H2,1-2H3,(H,24,27)/t19-/m0/s1. The third kappa shape index (κ3) is 5.76. The van der Waals surface area contributed by atoms with E-state index in [9.17, 15) is 4.79 Å². The molecule has 3 rings (SSSR count). The topological polar surface area (TPSA) is 61.4 Å². The molecule has 1 saturated heterocycles. The number of hydrogen-bond acceptors (Lipinski definition) is 5. The van der Waals surface area contributed by atoms with Crippen LogP contribution >= 0.6 is 0 Å². The Morgan fingerprint density at radius 1 is 1.04 bits per heavy atom. The summed E-state index contributed by atoms with van der Waals surface area (Å²) in [6.07, 6.45) is 4.47. The molecule has 0 radical (unpaired) electrons. The first-order valence-corrected chi connectivity index (χ1v) is 9.70. The highest BCUT2D eigenvalue weighted by Gasteiger charge is 2.22. The van der Waals surface area contributed by atoms with Crippen molar-refractivity contribution >= 4 is 11.9 Å². The van der Waals surface area contributed by atoms with Crippen LogP contribution in [0.2, 0.25) is 0 Å². The molecule has 6 heteroatoms. The van der Waals surface area contributed by atoms with E-state index in [1.54, 1.807) is 12.4 Å². The number of nitrogens with one attached hydrogen (secondary N) is 1. The van der Waals surface area contributed by atoms with E-state index in [1.807, 2.05) is 24.3 Å². The fourth-order valence-electron chi connectivity index (χ4n) is 3.44. The van der Waals surface area contributed by atoms with Crippen LogP contribution in [-0.4, -0.2) is 53.5 Å². The fraction of sp³-hybridized carbons (Fsp3) is 0.476. The third-order valence-electron chi connectivity index (χ3n) is 4.82. The van der Waals surface area contributed by atoms with Gasteiger partial charge in [0, 0.05) is 38.6 Å². The van der Waals surface area contributed by atoms with Crippen molar-refractivity contribution in [3.63, 3.8) is 0 Å². The molecule has 144 valence electrons. The number of rotatable bonds is 7. The Balaban J connectivity index is 1.51. The second kappa shape index (κ2) is 9.46. The van der Waals surface area contributed by atoms with Crippen LogP contribution in [0.15, 0.2) is 48.8 Å². The first kappa shape index (κ1) is 19.3.